The molecule has 3 heterocycles. The van der Waals surface area contributed by atoms with Gasteiger partial charge in [-0.1, -0.05) is 20.8 Å². The first kappa shape index (κ1) is 17.3. The first-order valence-electron chi connectivity index (χ1n) is 8.52. The number of ether oxygens (including phenoxy) is 1. The predicted octanol–water partition coefficient (Wildman–Crippen LogP) is 4.11. The molecule has 2 aromatic heterocycles. The quantitative estimate of drug-likeness (QED) is 0.834. The Morgan fingerprint density at radius 1 is 1.29 bits per heavy atom. The Balaban J connectivity index is 1.88. The van der Waals surface area contributed by atoms with Crippen LogP contribution < -0.4 is 4.90 Å². The summed E-state index contributed by atoms with van der Waals surface area (Å²) in [6.07, 6.45) is 5.38. The lowest BCUT2D eigenvalue weighted by Crippen LogP contribution is -2.34. The van der Waals surface area contributed by atoms with Crippen LogP contribution in [0.25, 0.3) is 0 Å². The highest BCUT2D eigenvalue weighted by Gasteiger charge is 2.29. The van der Waals surface area contributed by atoms with Crippen LogP contribution >= 0.6 is 11.3 Å². The molecular formula is C18H26N4OS. The zero-order chi connectivity index (χ0) is 17.2. The third-order valence-corrected chi connectivity index (χ3v) is 5.28. The second-order valence-corrected chi connectivity index (χ2v) is 8.18. The van der Waals surface area contributed by atoms with E-state index in [0.29, 0.717) is 12.6 Å². The molecule has 0 aromatic carbocycles. The molecule has 130 valence electrons. The monoisotopic (exact) mass is 346 g/mol. The number of hydrogen-bond donors (Lipinski definition) is 0. The van der Waals surface area contributed by atoms with E-state index < -0.39 is 0 Å². The van der Waals surface area contributed by atoms with Crippen molar-refractivity contribution in [3.05, 3.63) is 34.2 Å². The van der Waals surface area contributed by atoms with Gasteiger partial charge in [-0.15, -0.1) is 11.3 Å². The van der Waals surface area contributed by atoms with Crippen molar-refractivity contribution in [1.29, 1.82) is 0 Å². The van der Waals surface area contributed by atoms with Gasteiger partial charge in [-0.25, -0.2) is 15.0 Å². The molecule has 24 heavy (non-hydrogen) atoms. The summed E-state index contributed by atoms with van der Waals surface area (Å²) in [5.74, 6) is 1.71. The summed E-state index contributed by atoms with van der Waals surface area (Å²) in [6, 6.07) is 2.31. The van der Waals surface area contributed by atoms with E-state index in [0.717, 1.165) is 24.6 Å². The molecule has 0 radical (unpaired) electrons. The number of piperidine rings is 1. The molecule has 1 saturated heterocycles. The van der Waals surface area contributed by atoms with Gasteiger partial charge in [0, 0.05) is 30.6 Å². The van der Waals surface area contributed by atoms with Gasteiger partial charge < -0.3 is 9.64 Å². The Kier molecular flexibility index (Phi) is 5.15. The van der Waals surface area contributed by atoms with Crippen LogP contribution in [-0.2, 0) is 16.8 Å². The molecule has 0 amide bonds. The summed E-state index contributed by atoms with van der Waals surface area (Å²) in [6.45, 7) is 8.10. The van der Waals surface area contributed by atoms with Gasteiger partial charge in [0.25, 0.3) is 0 Å². The number of nitrogens with zero attached hydrogens (tertiary/aromatic N) is 4. The molecule has 5 nitrogen and oxygen atoms in total. The van der Waals surface area contributed by atoms with Gasteiger partial charge in [-0.3, -0.25) is 0 Å². The normalized spacial score (nSPS) is 18.8. The van der Waals surface area contributed by atoms with Crippen LogP contribution in [0.4, 0.5) is 5.82 Å². The Hall–Kier alpha value is -1.53. The van der Waals surface area contributed by atoms with Crippen molar-refractivity contribution in [1.82, 2.24) is 15.0 Å². The zero-order valence-corrected chi connectivity index (χ0v) is 15.8. The van der Waals surface area contributed by atoms with Crippen molar-refractivity contribution >= 4 is 17.2 Å². The van der Waals surface area contributed by atoms with Gasteiger partial charge in [-0.05, 0) is 25.3 Å². The van der Waals surface area contributed by atoms with Crippen molar-refractivity contribution < 1.29 is 4.74 Å². The lowest BCUT2D eigenvalue weighted by atomic mass is 9.93. The maximum atomic E-state index is 5.17. The van der Waals surface area contributed by atoms with E-state index in [1.54, 1.807) is 18.4 Å². The van der Waals surface area contributed by atoms with E-state index >= 15 is 0 Å². The van der Waals surface area contributed by atoms with Crippen LogP contribution in [0.5, 0.6) is 0 Å². The maximum absolute atomic E-state index is 5.17. The van der Waals surface area contributed by atoms with Gasteiger partial charge in [0.05, 0.1) is 11.7 Å². The summed E-state index contributed by atoms with van der Waals surface area (Å²) < 4.78 is 5.17. The van der Waals surface area contributed by atoms with Crippen molar-refractivity contribution in [3.63, 3.8) is 0 Å². The molecule has 1 atom stereocenters. The van der Waals surface area contributed by atoms with E-state index in [4.69, 9.17) is 9.72 Å². The number of thiazole rings is 1. The zero-order valence-electron chi connectivity index (χ0n) is 15.0. The third-order valence-electron chi connectivity index (χ3n) is 4.34. The van der Waals surface area contributed by atoms with Crippen LogP contribution in [0.3, 0.4) is 0 Å². The van der Waals surface area contributed by atoms with Crippen molar-refractivity contribution in [3.8, 4) is 0 Å². The molecule has 0 saturated carbocycles. The molecule has 1 unspecified atom stereocenters. The smallest absolute Gasteiger partial charge is 0.156 e. The number of methoxy groups -OCH3 is 1. The highest BCUT2D eigenvalue weighted by atomic mass is 32.1. The molecule has 2 aromatic rings. The minimum absolute atomic E-state index is 0.0921. The first-order chi connectivity index (χ1) is 11.5. The Bertz CT molecular complexity index is 680. The topological polar surface area (TPSA) is 51.1 Å². The molecule has 6 heteroatoms. The molecule has 1 aliphatic heterocycles. The molecule has 0 N–H and O–H groups in total. The molecule has 1 aliphatic rings. The summed E-state index contributed by atoms with van der Waals surface area (Å²) in [5, 5.41) is 3.41. The van der Waals surface area contributed by atoms with Crippen molar-refractivity contribution in [2.45, 2.75) is 58.1 Å². The van der Waals surface area contributed by atoms with Gasteiger partial charge >= 0.3 is 0 Å². The summed E-state index contributed by atoms with van der Waals surface area (Å²) in [5.41, 5.74) is 1.27. The second kappa shape index (κ2) is 7.15. The first-order valence-corrected chi connectivity index (χ1v) is 9.40. The van der Waals surface area contributed by atoms with E-state index in [-0.39, 0.29) is 5.41 Å². The molecule has 3 rings (SSSR count). The highest BCUT2D eigenvalue weighted by Crippen LogP contribution is 2.37. The Labute approximate surface area is 148 Å². The van der Waals surface area contributed by atoms with Crippen LogP contribution in [0, 0.1) is 0 Å². The maximum Gasteiger partial charge on any atom is 0.156 e. The van der Waals surface area contributed by atoms with Gasteiger partial charge in [0.1, 0.15) is 17.4 Å². The molecule has 0 bridgehead atoms. The SMILES string of the molecule is COCc1nccc(N2CCCCC2c2nc(C(C)(C)C)cs2)n1. The summed E-state index contributed by atoms with van der Waals surface area (Å²) in [7, 11) is 1.67. The Morgan fingerprint density at radius 3 is 2.83 bits per heavy atom. The summed E-state index contributed by atoms with van der Waals surface area (Å²) >= 11 is 1.77. The third kappa shape index (κ3) is 3.75. The lowest BCUT2D eigenvalue weighted by molar-refractivity contribution is 0.177. The number of anilines is 1. The van der Waals surface area contributed by atoms with Crippen molar-refractivity contribution in [2.24, 2.45) is 0 Å². The fraction of sp³-hybridized carbons (Fsp3) is 0.611. The Morgan fingerprint density at radius 2 is 2.12 bits per heavy atom. The van der Waals surface area contributed by atoms with Gasteiger partial charge in [0.15, 0.2) is 5.82 Å². The number of aromatic nitrogens is 3. The highest BCUT2D eigenvalue weighted by molar-refractivity contribution is 7.09. The molecule has 0 spiro atoms. The van der Waals surface area contributed by atoms with E-state index in [1.807, 2.05) is 12.3 Å². The van der Waals surface area contributed by atoms with Crippen LogP contribution in [0.2, 0.25) is 0 Å². The molecular weight excluding hydrogens is 320 g/mol. The number of rotatable bonds is 4. The largest absolute Gasteiger partial charge is 0.377 e. The van der Waals surface area contributed by atoms with Crippen LogP contribution in [-0.4, -0.2) is 28.6 Å². The average Bonchev–Trinajstić information content (AvgIpc) is 3.06. The average molecular weight is 346 g/mol. The molecule has 1 fully saturated rings. The minimum Gasteiger partial charge on any atom is -0.377 e. The van der Waals surface area contributed by atoms with Crippen molar-refractivity contribution in [2.75, 3.05) is 18.6 Å². The lowest BCUT2D eigenvalue weighted by Gasteiger charge is -2.35. The fourth-order valence-corrected chi connectivity index (χ4v) is 4.19. The number of hydrogen-bond acceptors (Lipinski definition) is 6. The predicted molar refractivity (Wildman–Crippen MR) is 97.5 cm³/mol. The second-order valence-electron chi connectivity index (χ2n) is 7.29. The van der Waals surface area contributed by atoms with E-state index in [1.165, 1.54) is 23.5 Å². The van der Waals surface area contributed by atoms with E-state index in [2.05, 4.69) is 41.0 Å². The summed E-state index contributed by atoms with van der Waals surface area (Å²) in [4.78, 5) is 16.3. The van der Waals surface area contributed by atoms with Crippen LogP contribution in [0.1, 0.15) is 62.6 Å². The minimum atomic E-state index is 0.0921. The van der Waals surface area contributed by atoms with Crippen LogP contribution in [0.15, 0.2) is 17.6 Å². The van der Waals surface area contributed by atoms with Gasteiger partial charge in [-0.2, -0.15) is 0 Å². The molecule has 0 aliphatic carbocycles. The van der Waals surface area contributed by atoms with Gasteiger partial charge in [0.2, 0.25) is 0 Å². The van der Waals surface area contributed by atoms with E-state index in [9.17, 15) is 0 Å². The standard InChI is InChI=1S/C18H26N4OS/c1-18(2,3)14-12-24-17(20-14)13-7-5-6-10-22(13)16-8-9-19-15(21-16)11-23-4/h8-9,12-13H,5-7,10-11H2,1-4H3. The fourth-order valence-electron chi connectivity index (χ4n) is 2.99.